The van der Waals surface area contributed by atoms with Crippen LogP contribution in [-0.4, -0.2) is 39.4 Å². The summed E-state index contributed by atoms with van der Waals surface area (Å²) in [6.07, 6.45) is 2.29. The number of hydrogen-bond donors (Lipinski definition) is 2. The second-order valence-electron chi connectivity index (χ2n) is 5.63. The molecule has 1 saturated carbocycles. The van der Waals surface area contributed by atoms with Gasteiger partial charge in [0, 0.05) is 24.3 Å². The standard InChI is InChI=1S/C16H19N5O2S/c1-10-19-20-16(21(10)13-6-7-13)24-9-14(22)18-12-5-3-4-11(8-12)15(23)17-2/h3-5,8,13H,6-7,9H2,1-2H3,(H,17,23)(H,18,22). The van der Waals surface area contributed by atoms with E-state index in [2.05, 4.69) is 25.4 Å². The summed E-state index contributed by atoms with van der Waals surface area (Å²) in [7, 11) is 1.57. The summed E-state index contributed by atoms with van der Waals surface area (Å²) in [4.78, 5) is 23.8. The summed E-state index contributed by atoms with van der Waals surface area (Å²) in [6.45, 7) is 1.93. The third kappa shape index (κ3) is 3.76. The molecule has 0 bridgehead atoms. The molecule has 1 aromatic carbocycles. The average molecular weight is 345 g/mol. The molecule has 2 aromatic rings. The minimum absolute atomic E-state index is 0.142. The fraction of sp³-hybridized carbons (Fsp3) is 0.375. The Morgan fingerprint density at radius 3 is 2.83 bits per heavy atom. The van der Waals surface area contributed by atoms with Crippen LogP contribution < -0.4 is 10.6 Å². The predicted molar refractivity (Wildman–Crippen MR) is 92.2 cm³/mol. The number of carbonyl (C=O) groups is 2. The minimum atomic E-state index is -0.187. The van der Waals surface area contributed by atoms with E-state index in [1.807, 2.05) is 6.92 Å². The zero-order chi connectivity index (χ0) is 17.1. The number of hydrogen-bond acceptors (Lipinski definition) is 5. The second kappa shape index (κ2) is 7.04. The fourth-order valence-electron chi connectivity index (χ4n) is 2.41. The highest BCUT2D eigenvalue weighted by Crippen LogP contribution is 2.38. The third-order valence-corrected chi connectivity index (χ3v) is 4.66. The van der Waals surface area contributed by atoms with Gasteiger partial charge in [-0.25, -0.2) is 0 Å². The second-order valence-corrected chi connectivity index (χ2v) is 6.57. The van der Waals surface area contributed by atoms with Crippen LogP contribution >= 0.6 is 11.8 Å². The van der Waals surface area contributed by atoms with Crippen LogP contribution in [0.15, 0.2) is 29.4 Å². The highest BCUT2D eigenvalue weighted by Gasteiger charge is 2.28. The number of anilines is 1. The van der Waals surface area contributed by atoms with Crippen LogP contribution in [0.1, 0.15) is 35.1 Å². The molecule has 0 saturated heterocycles. The molecule has 7 nitrogen and oxygen atoms in total. The number of thioether (sulfide) groups is 1. The zero-order valence-electron chi connectivity index (χ0n) is 13.6. The molecule has 1 aliphatic carbocycles. The molecule has 0 radical (unpaired) electrons. The lowest BCUT2D eigenvalue weighted by Crippen LogP contribution is -2.19. The Balaban J connectivity index is 1.59. The van der Waals surface area contributed by atoms with E-state index in [4.69, 9.17) is 0 Å². The molecular formula is C16H19N5O2S. The predicted octanol–water partition coefficient (Wildman–Crippen LogP) is 2.01. The molecule has 0 aliphatic heterocycles. The van der Waals surface area contributed by atoms with Gasteiger partial charge in [0.15, 0.2) is 5.16 Å². The van der Waals surface area contributed by atoms with E-state index in [0.717, 1.165) is 23.8 Å². The van der Waals surface area contributed by atoms with Gasteiger partial charge in [0.05, 0.1) is 5.75 Å². The van der Waals surface area contributed by atoms with Gasteiger partial charge in [0.2, 0.25) is 5.91 Å². The maximum absolute atomic E-state index is 12.2. The van der Waals surface area contributed by atoms with Crippen molar-refractivity contribution in [1.82, 2.24) is 20.1 Å². The Hall–Kier alpha value is -2.35. The third-order valence-electron chi connectivity index (χ3n) is 3.71. The van der Waals surface area contributed by atoms with Crippen LogP contribution in [0.3, 0.4) is 0 Å². The largest absolute Gasteiger partial charge is 0.355 e. The number of nitrogens with one attached hydrogen (secondary N) is 2. The summed E-state index contributed by atoms with van der Waals surface area (Å²) >= 11 is 1.38. The average Bonchev–Trinajstić information content (AvgIpc) is 3.35. The van der Waals surface area contributed by atoms with Gasteiger partial charge in [0.25, 0.3) is 5.91 Å². The smallest absolute Gasteiger partial charge is 0.251 e. The van der Waals surface area contributed by atoms with Gasteiger partial charge in [-0.1, -0.05) is 17.8 Å². The van der Waals surface area contributed by atoms with Crippen molar-refractivity contribution in [3.8, 4) is 0 Å². The van der Waals surface area contributed by atoms with E-state index in [9.17, 15) is 9.59 Å². The lowest BCUT2D eigenvalue weighted by Gasteiger charge is -2.08. The number of rotatable bonds is 6. The fourth-order valence-corrected chi connectivity index (χ4v) is 3.26. The van der Waals surface area contributed by atoms with Gasteiger partial charge >= 0.3 is 0 Å². The van der Waals surface area contributed by atoms with Gasteiger partial charge in [0.1, 0.15) is 5.82 Å². The van der Waals surface area contributed by atoms with E-state index in [-0.39, 0.29) is 17.6 Å². The van der Waals surface area contributed by atoms with Crippen LogP contribution in [0.2, 0.25) is 0 Å². The van der Waals surface area contributed by atoms with E-state index >= 15 is 0 Å². The van der Waals surface area contributed by atoms with Crippen molar-refractivity contribution in [2.24, 2.45) is 0 Å². The van der Waals surface area contributed by atoms with Crippen LogP contribution in [-0.2, 0) is 4.79 Å². The van der Waals surface area contributed by atoms with E-state index in [1.165, 1.54) is 11.8 Å². The van der Waals surface area contributed by atoms with Crippen molar-refractivity contribution >= 4 is 29.3 Å². The first kappa shape index (κ1) is 16.5. The van der Waals surface area contributed by atoms with Crippen molar-refractivity contribution in [2.45, 2.75) is 31.0 Å². The molecule has 1 aliphatic rings. The highest BCUT2D eigenvalue weighted by molar-refractivity contribution is 7.99. The Morgan fingerprint density at radius 2 is 2.12 bits per heavy atom. The first-order valence-electron chi connectivity index (χ1n) is 7.75. The Kier molecular flexibility index (Phi) is 4.84. The van der Waals surface area contributed by atoms with E-state index in [0.29, 0.717) is 17.3 Å². The molecule has 2 N–H and O–H groups in total. The van der Waals surface area contributed by atoms with Crippen molar-refractivity contribution in [2.75, 3.05) is 18.1 Å². The SMILES string of the molecule is CNC(=O)c1cccc(NC(=O)CSc2nnc(C)n2C2CC2)c1. The summed E-state index contributed by atoms with van der Waals surface area (Å²) < 4.78 is 2.10. The minimum Gasteiger partial charge on any atom is -0.355 e. The van der Waals surface area contributed by atoms with Crippen molar-refractivity contribution < 1.29 is 9.59 Å². The zero-order valence-corrected chi connectivity index (χ0v) is 14.4. The maximum Gasteiger partial charge on any atom is 0.251 e. The number of aromatic nitrogens is 3. The van der Waals surface area contributed by atoms with Gasteiger partial charge in [-0.05, 0) is 38.0 Å². The molecule has 24 heavy (non-hydrogen) atoms. The molecule has 1 aromatic heterocycles. The Morgan fingerprint density at radius 1 is 1.33 bits per heavy atom. The molecule has 2 amide bonds. The van der Waals surface area contributed by atoms with Crippen molar-refractivity contribution in [3.05, 3.63) is 35.7 Å². The number of aryl methyl sites for hydroxylation is 1. The summed E-state index contributed by atoms with van der Waals surface area (Å²) in [6, 6.07) is 7.32. The monoisotopic (exact) mass is 345 g/mol. The van der Waals surface area contributed by atoms with Gasteiger partial charge in [-0.2, -0.15) is 0 Å². The molecule has 8 heteroatoms. The van der Waals surface area contributed by atoms with Crippen LogP contribution in [0.4, 0.5) is 5.69 Å². The quantitative estimate of drug-likeness (QED) is 0.782. The summed E-state index contributed by atoms with van der Waals surface area (Å²) in [5, 5.41) is 14.4. The Bertz CT molecular complexity index is 770. The number of nitrogens with zero attached hydrogens (tertiary/aromatic N) is 3. The molecular weight excluding hydrogens is 326 g/mol. The van der Waals surface area contributed by atoms with E-state index in [1.54, 1.807) is 31.3 Å². The van der Waals surface area contributed by atoms with Gasteiger partial charge in [-0.15, -0.1) is 10.2 Å². The van der Waals surface area contributed by atoms with E-state index < -0.39 is 0 Å². The maximum atomic E-state index is 12.2. The number of carbonyl (C=O) groups excluding carboxylic acids is 2. The Labute approximate surface area is 144 Å². The molecule has 3 rings (SSSR count). The molecule has 0 unspecified atom stereocenters. The van der Waals surface area contributed by atoms with Crippen LogP contribution in [0.5, 0.6) is 0 Å². The molecule has 126 valence electrons. The lowest BCUT2D eigenvalue weighted by molar-refractivity contribution is -0.113. The summed E-state index contributed by atoms with van der Waals surface area (Å²) in [5.41, 5.74) is 1.11. The topological polar surface area (TPSA) is 88.9 Å². The van der Waals surface area contributed by atoms with Crippen molar-refractivity contribution in [3.63, 3.8) is 0 Å². The molecule has 0 atom stereocenters. The van der Waals surface area contributed by atoms with Gasteiger partial charge < -0.3 is 15.2 Å². The molecule has 1 heterocycles. The molecule has 1 fully saturated rings. The molecule has 0 spiro atoms. The van der Waals surface area contributed by atoms with Crippen molar-refractivity contribution in [1.29, 1.82) is 0 Å². The normalized spacial score (nSPS) is 13.6. The summed E-state index contributed by atoms with van der Waals surface area (Å²) in [5.74, 6) is 0.805. The van der Waals surface area contributed by atoms with Gasteiger partial charge in [-0.3, -0.25) is 9.59 Å². The number of amides is 2. The first-order chi connectivity index (χ1) is 11.6. The lowest BCUT2D eigenvalue weighted by atomic mass is 10.2. The highest BCUT2D eigenvalue weighted by atomic mass is 32.2. The van der Waals surface area contributed by atoms with Crippen LogP contribution in [0, 0.1) is 6.92 Å². The first-order valence-corrected chi connectivity index (χ1v) is 8.73. The van der Waals surface area contributed by atoms with Crippen LogP contribution in [0.25, 0.3) is 0 Å². The number of benzene rings is 1.